The zero-order valence-corrected chi connectivity index (χ0v) is 9.58. The van der Waals surface area contributed by atoms with Crippen molar-refractivity contribution in [2.75, 3.05) is 25.5 Å². The van der Waals surface area contributed by atoms with Crippen molar-refractivity contribution in [3.63, 3.8) is 0 Å². The lowest BCUT2D eigenvalue weighted by atomic mass is 10.2. The molecule has 1 rings (SSSR count). The number of carboxylic acid groups (broad SMARTS) is 1. The number of nitrogens with one attached hydrogen (secondary N) is 2. The zero-order chi connectivity index (χ0) is 12.0. The number of hydrogen-bond acceptors (Lipinski definition) is 4. The van der Waals surface area contributed by atoms with Crippen molar-refractivity contribution in [3.05, 3.63) is 23.4 Å². The average molecular weight is 223 g/mol. The fourth-order valence-electron chi connectivity index (χ4n) is 1.37. The third-order valence-electron chi connectivity index (χ3n) is 2.23. The summed E-state index contributed by atoms with van der Waals surface area (Å²) in [5.41, 5.74) is 0.784. The molecule has 0 radical (unpaired) electrons. The maximum atomic E-state index is 10.8. The van der Waals surface area contributed by atoms with Gasteiger partial charge in [0.1, 0.15) is 5.82 Å². The van der Waals surface area contributed by atoms with Gasteiger partial charge in [0.15, 0.2) is 0 Å². The lowest BCUT2D eigenvalue weighted by molar-refractivity contribution is 0.0695. The normalized spacial score (nSPS) is 10.1. The summed E-state index contributed by atoms with van der Waals surface area (Å²) in [6, 6.07) is 3.26. The predicted octanol–water partition coefficient (Wildman–Crippen LogP) is 1.11. The van der Waals surface area contributed by atoms with Crippen LogP contribution in [0.5, 0.6) is 0 Å². The van der Waals surface area contributed by atoms with Crippen LogP contribution in [0.3, 0.4) is 0 Å². The van der Waals surface area contributed by atoms with Crippen molar-refractivity contribution >= 4 is 11.8 Å². The highest BCUT2D eigenvalue weighted by atomic mass is 16.4. The Hall–Kier alpha value is -1.62. The highest BCUT2D eigenvalue weighted by Gasteiger charge is 2.07. The van der Waals surface area contributed by atoms with Crippen LogP contribution in [0.4, 0.5) is 5.82 Å². The minimum atomic E-state index is -0.938. The van der Waals surface area contributed by atoms with Gasteiger partial charge in [-0.05, 0) is 39.1 Å². The number of aromatic nitrogens is 1. The molecule has 5 nitrogen and oxygen atoms in total. The number of anilines is 1. The minimum absolute atomic E-state index is 0.251. The van der Waals surface area contributed by atoms with Gasteiger partial charge in [-0.25, -0.2) is 9.78 Å². The predicted molar refractivity (Wildman–Crippen MR) is 63.0 cm³/mol. The lowest BCUT2D eigenvalue weighted by Crippen LogP contribution is -2.13. The molecular formula is C11H17N3O2. The van der Waals surface area contributed by atoms with Crippen LogP contribution in [0.15, 0.2) is 12.1 Å². The molecule has 88 valence electrons. The van der Waals surface area contributed by atoms with Crippen molar-refractivity contribution < 1.29 is 9.90 Å². The summed E-state index contributed by atoms with van der Waals surface area (Å²) in [6.45, 7) is 3.46. The van der Waals surface area contributed by atoms with E-state index in [0.29, 0.717) is 5.69 Å². The number of carbonyl (C=O) groups is 1. The number of carboxylic acids is 1. The van der Waals surface area contributed by atoms with Gasteiger partial charge in [-0.15, -0.1) is 0 Å². The van der Waals surface area contributed by atoms with Crippen LogP contribution in [-0.2, 0) is 0 Å². The molecule has 0 saturated carbocycles. The Balaban J connectivity index is 2.56. The monoisotopic (exact) mass is 223 g/mol. The van der Waals surface area contributed by atoms with E-state index in [0.717, 1.165) is 25.3 Å². The third kappa shape index (κ3) is 3.51. The number of pyridine rings is 1. The van der Waals surface area contributed by atoms with E-state index in [4.69, 9.17) is 5.11 Å². The van der Waals surface area contributed by atoms with Crippen molar-refractivity contribution in [1.29, 1.82) is 0 Å². The van der Waals surface area contributed by atoms with E-state index < -0.39 is 5.97 Å². The number of aryl methyl sites for hydroxylation is 1. The van der Waals surface area contributed by atoms with Crippen molar-refractivity contribution in [1.82, 2.24) is 10.3 Å². The average Bonchev–Trinajstić information content (AvgIpc) is 2.24. The van der Waals surface area contributed by atoms with Crippen LogP contribution in [0.2, 0.25) is 0 Å². The molecule has 0 fully saturated rings. The van der Waals surface area contributed by atoms with Crippen LogP contribution in [0.25, 0.3) is 0 Å². The van der Waals surface area contributed by atoms with Gasteiger partial charge < -0.3 is 15.7 Å². The molecule has 3 N–H and O–H groups in total. The van der Waals surface area contributed by atoms with Crippen LogP contribution in [0, 0.1) is 6.92 Å². The van der Waals surface area contributed by atoms with E-state index in [-0.39, 0.29) is 5.56 Å². The van der Waals surface area contributed by atoms with Crippen LogP contribution in [0.1, 0.15) is 22.5 Å². The van der Waals surface area contributed by atoms with Crippen LogP contribution < -0.4 is 10.6 Å². The molecule has 0 bridgehead atoms. The van der Waals surface area contributed by atoms with Crippen molar-refractivity contribution in [2.45, 2.75) is 13.3 Å². The first-order chi connectivity index (χ1) is 7.65. The molecule has 1 aromatic rings. The quantitative estimate of drug-likeness (QED) is 0.630. The molecule has 16 heavy (non-hydrogen) atoms. The van der Waals surface area contributed by atoms with Gasteiger partial charge in [0.2, 0.25) is 0 Å². The molecule has 0 saturated heterocycles. The fourth-order valence-corrected chi connectivity index (χ4v) is 1.37. The second kappa shape index (κ2) is 6.07. The summed E-state index contributed by atoms with van der Waals surface area (Å²) in [7, 11) is 1.91. The summed E-state index contributed by atoms with van der Waals surface area (Å²) >= 11 is 0. The van der Waals surface area contributed by atoms with E-state index >= 15 is 0 Å². The Morgan fingerprint density at radius 3 is 2.75 bits per heavy atom. The van der Waals surface area contributed by atoms with E-state index in [9.17, 15) is 4.79 Å². The number of hydrogen-bond donors (Lipinski definition) is 3. The highest BCUT2D eigenvalue weighted by molar-refractivity contribution is 5.89. The molecule has 0 aromatic carbocycles. The van der Waals surface area contributed by atoms with E-state index in [1.165, 1.54) is 0 Å². The number of nitrogens with zero attached hydrogens (tertiary/aromatic N) is 1. The van der Waals surface area contributed by atoms with Gasteiger partial charge in [0, 0.05) is 6.54 Å². The van der Waals surface area contributed by atoms with Gasteiger partial charge in [0.05, 0.1) is 11.3 Å². The van der Waals surface area contributed by atoms with Gasteiger partial charge in [-0.2, -0.15) is 0 Å². The molecule has 5 heteroatoms. The molecule has 1 aromatic heterocycles. The SMILES string of the molecule is CNCCCNc1ccc(C(=O)O)c(C)n1. The van der Waals surface area contributed by atoms with Crippen LogP contribution in [-0.4, -0.2) is 36.2 Å². The van der Waals surface area contributed by atoms with Gasteiger partial charge in [-0.3, -0.25) is 0 Å². The Labute approximate surface area is 94.9 Å². The van der Waals surface area contributed by atoms with Gasteiger partial charge in [-0.1, -0.05) is 0 Å². The molecule has 1 heterocycles. The summed E-state index contributed by atoms with van der Waals surface area (Å²) in [6.07, 6.45) is 0.998. The molecule has 0 atom stereocenters. The Morgan fingerprint density at radius 1 is 1.44 bits per heavy atom. The standard InChI is InChI=1S/C11H17N3O2/c1-8-9(11(15)16)4-5-10(14-8)13-7-3-6-12-2/h4-5,12H,3,6-7H2,1-2H3,(H,13,14)(H,15,16). The first-order valence-electron chi connectivity index (χ1n) is 5.24. The first-order valence-corrected chi connectivity index (χ1v) is 5.24. The number of rotatable bonds is 6. The lowest BCUT2D eigenvalue weighted by Gasteiger charge is -2.07. The Bertz CT molecular complexity index is 366. The largest absolute Gasteiger partial charge is 0.478 e. The fraction of sp³-hybridized carbons (Fsp3) is 0.455. The molecular weight excluding hydrogens is 206 g/mol. The topological polar surface area (TPSA) is 74.2 Å². The smallest absolute Gasteiger partial charge is 0.337 e. The Kier molecular flexibility index (Phi) is 4.72. The summed E-state index contributed by atoms with van der Waals surface area (Å²) < 4.78 is 0. The molecule has 0 unspecified atom stereocenters. The summed E-state index contributed by atoms with van der Waals surface area (Å²) in [5.74, 6) is -0.217. The summed E-state index contributed by atoms with van der Waals surface area (Å²) in [4.78, 5) is 14.9. The van der Waals surface area contributed by atoms with Gasteiger partial charge >= 0.3 is 5.97 Å². The molecule has 0 spiro atoms. The molecule has 0 aliphatic carbocycles. The zero-order valence-electron chi connectivity index (χ0n) is 9.58. The first kappa shape index (κ1) is 12.4. The van der Waals surface area contributed by atoms with Gasteiger partial charge in [0.25, 0.3) is 0 Å². The van der Waals surface area contributed by atoms with Crippen molar-refractivity contribution in [2.24, 2.45) is 0 Å². The van der Waals surface area contributed by atoms with Crippen molar-refractivity contribution in [3.8, 4) is 0 Å². The minimum Gasteiger partial charge on any atom is -0.478 e. The Morgan fingerprint density at radius 2 is 2.19 bits per heavy atom. The highest BCUT2D eigenvalue weighted by Crippen LogP contribution is 2.10. The van der Waals surface area contributed by atoms with E-state index in [1.54, 1.807) is 19.1 Å². The molecule has 0 amide bonds. The number of aromatic carboxylic acids is 1. The summed E-state index contributed by atoms with van der Waals surface area (Å²) in [5, 5.41) is 15.0. The molecule has 0 aliphatic heterocycles. The maximum absolute atomic E-state index is 10.8. The third-order valence-corrected chi connectivity index (χ3v) is 2.23. The second-order valence-electron chi connectivity index (χ2n) is 3.52. The van der Waals surface area contributed by atoms with E-state index in [2.05, 4.69) is 15.6 Å². The maximum Gasteiger partial charge on any atom is 0.337 e. The van der Waals surface area contributed by atoms with Crippen LogP contribution >= 0.6 is 0 Å². The molecule has 0 aliphatic rings. The van der Waals surface area contributed by atoms with E-state index in [1.807, 2.05) is 7.05 Å². The second-order valence-corrected chi connectivity index (χ2v) is 3.52.